The second-order valence-corrected chi connectivity index (χ2v) is 7.80. The Balaban J connectivity index is 1.92. The van der Waals surface area contributed by atoms with Crippen LogP contribution in [0.4, 0.5) is 35.5 Å². The summed E-state index contributed by atoms with van der Waals surface area (Å²) >= 11 is 0. The molecule has 1 unspecified atom stereocenters. The Kier molecular flexibility index (Phi) is 6.36. The number of amides is 2. The fourth-order valence-electron chi connectivity index (χ4n) is 3.91. The van der Waals surface area contributed by atoms with Crippen LogP contribution in [0.3, 0.4) is 0 Å². The molecule has 4 rings (SSSR count). The molecule has 0 aliphatic carbocycles. The van der Waals surface area contributed by atoms with Crippen molar-refractivity contribution in [1.29, 1.82) is 10.5 Å². The van der Waals surface area contributed by atoms with Gasteiger partial charge in [0.15, 0.2) is 0 Å². The van der Waals surface area contributed by atoms with Crippen LogP contribution >= 0.6 is 0 Å². The molecule has 2 heterocycles. The third kappa shape index (κ3) is 4.44. The summed E-state index contributed by atoms with van der Waals surface area (Å²) in [5, 5.41) is 28.6. The predicted octanol–water partition coefficient (Wildman–Crippen LogP) is 4.85. The van der Waals surface area contributed by atoms with Crippen molar-refractivity contribution in [2.75, 3.05) is 16.8 Å². The highest BCUT2D eigenvalue weighted by Gasteiger charge is 2.37. The van der Waals surface area contributed by atoms with Crippen LogP contribution in [0.15, 0.2) is 59.8 Å². The minimum absolute atomic E-state index is 0.0986. The number of alkyl halides is 3. The molecule has 182 valence electrons. The van der Waals surface area contributed by atoms with E-state index in [0.717, 1.165) is 12.1 Å². The lowest BCUT2D eigenvalue weighted by atomic mass is 9.95. The molecule has 0 saturated carbocycles. The molecule has 9 nitrogen and oxygen atoms in total. The Morgan fingerprint density at radius 2 is 1.86 bits per heavy atom. The minimum Gasteiger partial charge on any atom is -0.338 e. The second-order valence-electron chi connectivity index (χ2n) is 7.80. The van der Waals surface area contributed by atoms with Crippen molar-refractivity contribution in [2.24, 2.45) is 0 Å². The van der Waals surface area contributed by atoms with Gasteiger partial charge in [0.25, 0.3) is 5.95 Å². The van der Waals surface area contributed by atoms with Gasteiger partial charge in [-0.15, -0.1) is 5.10 Å². The molecular formula is C24H19F3N8O. The van der Waals surface area contributed by atoms with E-state index in [9.17, 15) is 23.2 Å². The molecule has 1 aliphatic heterocycles. The number of hydrogen-bond acceptors (Lipinski definition) is 6. The Labute approximate surface area is 204 Å². The summed E-state index contributed by atoms with van der Waals surface area (Å²) in [4.78, 5) is 17.9. The molecule has 2 N–H and O–H groups in total. The maximum Gasteiger partial charge on any atom is 0.416 e. The highest BCUT2D eigenvalue weighted by Crippen LogP contribution is 2.43. The van der Waals surface area contributed by atoms with Gasteiger partial charge in [-0.05, 0) is 49.7 Å². The van der Waals surface area contributed by atoms with E-state index in [4.69, 9.17) is 5.26 Å². The van der Waals surface area contributed by atoms with Gasteiger partial charge in [0.1, 0.15) is 6.04 Å². The minimum atomic E-state index is -4.58. The number of fused-ring (bicyclic) bond motifs is 1. The van der Waals surface area contributed by atoms with Crippen molar-refractivity contribution in [3.8, 4) is 12.1 Å². The monoisotopic (exact) mass is 492 g/mol. The van der Waals surface area contributed by atoms with Crippen molar-refractivity contribution in [3.05, 3.63) is 76.5 Å². The lowest BCUT2D eigenvalue weighted by Gasteiger charge is -2.34. The molecule has 2 amide bonds. The average molecular weight is 492 g/mol. The Hall–Kier alpha value is -4.84. The van der Waals surface area contributed by atoms with Crippen LogP contribution in [0.1, 0.15) is 36.6 Å². The van der Waals surface area contributed by atoms with E-state index >= 15 is 0 Å². The first-order chi connectivity index (χ1) is 17.2. The second kappa shape index (κ2) is 9.43. The van der Waals surface area contributed by atoms with Gasteiger partial charge >= 0.3 is 12.2 Å². The first-order valence-electron chi connectivity index (χ1n) is 10.8. The van der Waals surface area contributed by atoms with Crippen LogP contribution in [0, 0.1) is 22.7 Å². The summed E-state index contributed by atoms with van der Waals surface area (Å²) in [7, 11) is 0. The van der Waals surface area contributed by atoms with Crippen molar-refractivity contribution in [3.63, 3.8) is 0 Å². The number of allylic oxidation sites excluding steroid dienone is 2. The summed E-state index contributed by atoms with van der Waals surface area (Å²) in [6, 6.07) is 13.9. The van der Waals surface area contributed by atoms with E-state index < -0.39 is 23.8 Å². The quantitative estimate of drug-likeness (QED) is 0.537. The van der Waals surface area contributed by atoms with Crippen LogP contribution in [-0.4, -0.2) is 27.3 Å². The van der Waals surface area contributed by atoms with Crippen molar-refractivity contribution >= 4 is 23.6 Å². The van der Waals surface area contributed by atoms with Crippen LogP contribution < -0.4 is 15.5 Å². The summed E-state index contributed by atoms with van der Waals surface area (Å²) in [6.07, 6.45) is -4.58. The van der Waals surface area contributed by atoms with Gasteiger partial charge < -0.3 is 5.32 Å². The number of rotatable bonds is 4. The van der Waals surface area contributed by atoms with Crippen LogP contribution in [0.25, 0.3) is 0 Å². The highest BCUT2D eigenvalue weighted by atomic mass is 19.4. The van der Waals surface area contributed by atoms with Gasteiger partial charge in [0, 0.05) is 17.9 Å². The molecule has 0 radical (unpaired) electrons. The molecule has 2 aromatic carbocycles. The SMILES string of the molecule is CCNC(=O)Nc1nc2n(n1)C(c1ccc(C#N)cc1)C(C#N)=C(C)N2c1cccc(C(F)(F)F)c1. The van der Waals surface area contributed by atoms with E-state index in [0.29, 0.717) is 23.4 Å². The van der Waals surface area contributed by atoms with Crippen LogP contribution in [0.5, 0.6) is 0 Å². The van der Waals surface area contributed by atoms with Gasteiger partial charge in [0.05, 0.1) is 28.8 Å². The van der Waals surface area contributed by atoms with Crippen molar-refractivity contribution in [2.45, 2.75) is 26.1 Å². The molecule has 36 heavy (non-hydrogen) atoms. The van der Waals surface area contributed by atoms with Gasteiger partial charge in [0.2, 0.25) is 5.95 Å². The number of carbonyl (C=O) groups is 1. The molecule has 1 aromatic heterocycles. The zero-order valence-electron chi connectivity index (χ0n) is 19.1. The number of anilines is 3. The van der Waals surface area contributed by atoms with Crippen LogP contribution in [0.2, 0.25) is 0 Å². The Morgan fingerprint density at radius 1 is 1.14 bits per heavy atom. The van der Waals surface area contributed by atoms with E-state index in [-0.39, 0.29) is 23.2 Å². The lowest BCUT2D eigenvalue weighted by Crippen LogP contribution is -2.31. The number of aromatic nitrogens is 3. The number of benzene rings is 2. The van der Waals surface area contributed by atoms with Gasteiger partial charge in [-0.25, -0.2) is 9.48 Å². The fourth-order valence-corrected chi connectivity index (χ4v) is 3.91. The molecule has 0 saturated heterocycles. The van der Waals surface area contributed by atoms with Gasteiger partial charge in [-0.3, -0.25) is 10.2 Å². The van der Waals surface area contributed by atoms with E-state index in [1.165, 1.54) is 21.7 Å². The molecule has 3 aromatic rings. The maximum absolute atomic E-state index is 13.4. The lowest BCUT2D eigenvalue weighted by molar-refractivity contribution is -0.137. The largest absolute Gasteiger partial charge is 0.416 e. The van der Waals surface area contributed by atoms with E-state index in [1.54, 1.807) is 38.1 Å². The predicted molar refractivity (Wildman–Crippen MR) is 124 cm³/mol. The molecular weight excluding hydrogens is 473 g/mol. The Bertz CT molecular complexity index is 1430. The summed E-state index contributed by atoms with van der Waals surface area (Å²) < 4.78 is 41.7. The number of carbonyl (C=O) groups excluding carboxylic acids is 1. The van der Waals surface area contributed by atoms with Gasteiger partial charge in [-0.2, -0.15) is 28.7 Å². The number of urea groups is 1. The third-order valence-electron chi connectivity index (χ3n) is 5.53. The Morgan fingerprint density at radius 3 is 2.47 bits per heavy atom. The van der Waals surface area contributed by atoms with Crippen molar-refractivity contribution < 1.29 is 18.0 Å². The molecule has 0 bridgehead atoms. The van der Waals surface area contributed by atoms with E-state index in [2.05, 4.69) is 26.8 Å². The normalized spacial score (nSPS) is 15.1. The maximum atomic E-state index is 13.4. The smallest absolute Gasteiger partial charge is 0.338 e. The number of nitriles is 2. The molecule has 1 atom stereocenters. The summed E-state index contributed by atoms with van der Waals surface area (Å²) in [5.41, 5.74) is 0.814. The first-order valence-corrected chi connectivity index (χ1v) is 10.8. The number of nitrogens with one attached hydrogen (secondary N) is 2. The first kappa shape index (κ1) is 24.3. The topological polar surface area (TPSA) is 123 Å². The number of hydrogen-bond donors (Lipinski definition) is 2. The highest BCUT2D eigenvalue weighted by molar-refractivity contribution is 5.87. The van der Waals surface area contributed by atoms with Crippen LogP contribution in [-0.2, 0) is 6.18 Å². The third-order valence-corrected chi connectivity index (χ3v) is 5.53. The number of nitrogens with zero attached hydrogens (tertiary/aromatic N) is 6. The standard InChI is InChI=1S/C24H19F3N8O/c1-3-30-22(36)31-21-32-23-34(18-6-4-5-17(11-18)24(25,26)27)14(2)19(13-29)20(35(23)33-21)16-9-7-15(12-28)8-10-16/h4-11,20H,3H2,1-2H3,(H2,30,31,33,36). The number of halogens is 3. The zero-order valence-corrected chi connectivity index (χ0v) is 19.1. The average Bonchev–Trinajstić information content (AvgIpc) is 3.25. The molecule has 0 spiro atoms. The fraction of sp³-hybridized carbons (Fsp3) is 0.208. The van der Waals surface area contributed by atoms with Gasteiger partial charge in [-0.1, -0.05) is 18.2 Å². The molecule has 12 heteroatoms. The molecule has 0 fully saturated rings. The summed E-state index contributed by atoms with van der Waals surface area (Å²) in [5.74, 6) is 0.00513. The van der Waals surface area contributed by atoms with Crippen molar-refractivity contribution in [1.82, 2.24) is 20.1 Å². The molecule has 1 aliphatic rings. The zero-order chi connectivity index (χ0) is 26.0. The van der Waals surface area contributed by atoms with E-state index in [1.807, 2.05) is 6.07 Å². The summed E-state index contributed by atoms with van der Waals surface area (Å²) in [6.45, 7) is 3.68.